The van der Waals surface area contributed by atoms with Gasteiger partial charge in [-0.05, 0) is 36.8 Å². The molecule has 0 unspecified atom stereocenters. The lowest BCUT2D eigenvalue weighted by Gasteiger charge is -2.07. The zero-order valence-corrected chi connectivity index (χ0v) is 12.9. The second-order valence-electron chi connectivity index (χ2n) is 4.84. The minimum Gasteiger partial charge on any atom is -0.384 e. The van der Waals surface area contributed by atoms with Crippen LogP contribution in [0.1, 0.15) is 11.4 Å². The lowest BCUT2D eigenvalue weighted by molar-refractivity contribution is 0.933. The first-order chi connectivity index (χ1) is 9.72. The molecule has 2 aromatic carbocycles. The number of aromatic nitrogens is 2. The summed E-state index contributed by atoms with van der Waals surface area (Å²) in [4.78, 5) is 7.95. The Morgan fingerprint density at radius 1 is 1.20 bits per heavy atom. The number of anilines is 1. The van der Waals surface area contributed by atoms with Gasteiger partial charge in [0.05, 0.1) is 11.0 Å². The van der Waals surface area contributed by atoms with Crippen LogP contribution in [0.5, 0.6) is 0 Å². The monoisotopic (exact) mass is 329 g/mol. The van der Waals surface area contributed by atoms with Gasteiger partial charge in [-0.3, -0.25) is 0 Å². The molecule has 0 aliphatic heterocycles. The number of benzene rings is 2. The molecule has 20 heavy (non-hydrogen) atoms. The largest absolute Gasteiger partial charge is 0.384 e. The predicted octanol–water partition coefficient (Wildman–Crippen LogP) is 4.29. The molecule has 0 aliphatic carbocycles. The molecule has 1 heterocycles. The molecule has 0 saturated heterocycles. The Hall–Kier alpha value is -1.81. The smallest absolute Gasteiger partial charge is 0.108 e. The van der Waals surface area contributed by atoms with Crippen molar-refractivity contribution in [3.8, 4) is 0 Å². The highest BCUT2D eigenvalue weighted by molar-refractivity contribution is 9.10. The highest BCUT2D eigenvalue weighted by Crippen LogP contribution is 2.18. The molecule has 0 aliphatic rings. The van der Waals surface area contributed by atoms with Crippen LogP contribution in [0.3, 0.4) is 0 Å². The SMILES string of the molecule is Cc1ccccc1NCCc1nc2ccc(Br)cc2[nH]1. The summed E-state index contributed by atoms with van der Waals surface area (Å²) in [7, 11) is 0. The van der Waals surface area contributed by atoms with E-state index in [-0.39, 0.29) is 0 Å². The Bertz CT molecular complexity index is 733. The molecule has 3 rings (SSSR count). The number of hydrogen-bond acceptors (Lipinski definition) is 2. The number of aromatic amines is 1. The second kappa shape index (κ2) is 5.67. The Labute approximate surface area is 126 Å². The Morgan fingerprint density at radius 2 is 2.05 bits per heavy atom. The van der Waals surface area contributed by atoms with Gasteiger partial charge in [0.2, 0.25) is 0 Å². The van der Waals surface area contributed by atoms with Crippen molar-refractivity contribution >= 4 is 32.7 Å². The topological polar surface area (TPSA) is 40.7 Å². The molecule has 0 bridgehead atoms. The average Bonchev–Trinajstić information content (AvgIpc) is 2.83. The molecule has 3 nitrogen and oxygen atoms in total. The molecule has 3 aromatic rings. The average molecular weight is 330 g/mol. The number of hydrogen-bond donors (Lipinski definition) is 2. The fraction of sp³-hybridized carbons (Fsp3) is 0.188. The van der Waals surface area contributed by atoms with Gasteiger partial charge < -0.3 is 10.3 Å². The van der Waals surface area contributed by atoms with Gasteiger partial charge in [0.15, 0.2) is 0 Å². The van der Waals surface area contributed by atoms with Gasteiger partial charge in [0.1, 0.15) is 5.82 Å². The lowest BCUT2D eigenvalue weighted by atomic mass is 10.2. The molecule has 0 saturated carbocycles. The summed E-state index contributed by atoms with van der Waals surface area (Å²) in [5, 5.41) is 3.45. The molecule has 0 spiro atoms. The number of nitrogens with one attached hydrogen (secondary N) is 2. The van der Waals surface area contributed by atoms with Crippen molar-refractivity contribution in [2.24, 2.45) is 0 Å². The van der Waals surface area contributed by atoms with Crippen molar-refractivity contribution in [2.75, 3.05) is 11.9 Å². The second-order valence-corrected chi connectivity index (χ2v) is 5.75. The van der Waals surface area contributed by atoms with Crippen LogP contribution >= 0.6 is 15.9 Å². The van der Waals surface area contributed by atoms with E-state index in [1.807, 2.05) is 18.2 Å². The third-order valence-electron chi connectivity index (χ3n) is 3.32. The fourth-order valence-electron chi connectivity index (χ4n) is 2.24. The van der Waals surface area contributed by atoms with Crippen LogP contribution in [-0.2, 0) is 6.42 Å². The van der Waals surface area contributed by atoms with E-state index in [4.69, 9.17) is 0 Å². The van der Waals surface area contributed by atoms with Gasteiger partial charge in [0.25, 0.3) is 0 Å². The molecule has 0 fully saturated rings. The third-order valence-corrected chi connectivity index (χ3v) is 3.81. The first-order valence-electron chi connectivity index (χ1n) is 6.66. The summed E-state index contributed by atoms with van der Waals surface area (Å²) in [5.41, 5.74) is 4.54. The van der Waals surface area contributed by atoms with E-state index >= 15 is 0 Å². The summed E-state index contributed by atoms with van der Waals surface area (Å²) >= 11 is 3.47. The molecular weight excluding hydrogens is 314 g/mol. The number of para-hydroxylation sites is 1. The maximum absolute atomic E-state index is 4.59. The fourth-order valence-corrected chi connectivity index (χ4v) is 2.60. The maximum atomic E-state index is 4.59. The van der Waals surface area contributed by atoms with Crippen molar-refractivity contribution < 1.29 is 0 Å². The minimum atomic E-state index is 0.867. The Balaban J connectivity index is 1.67. The van der Waals surface area contributed by atoms with Gasteiger partial charge in [-0.1, -0.05) is 34.1 Å². The summed E-state index contributed by atoms with van der Waals surface area (Å²) in [6.45, 7) is 2.98. The number of aryl methyl sites for hydroxylation is 1. The van der Waals surface area contributed by atoms with E-state index in [1.165, 1.54) is 11.3 Å². The summed E-state index contributed by atoms with van der Waals surface area (Å²) in [6.07, 6.45) is 0.876. The van der Waals surface area contributed by atoms with E-state index in [2.05, 4.69) is 62.4 Å². The number of H-pyrrole nitrogens is 1. The molecule has 1 aromatic heterocycles. The van der Waals surface area contributed by atoms with Crippen molar-refractivity contribution in [2.45, 2.75) is 13.3 Å². The highest BCUT2D eigenvalue weighted by Gasteiger charge is 2.03. The zero-order valence-electron chi connectivity index (χ0n) is 11.3. The molecule has 2 N–H and O–H groups in total. The van der Waals surface area contributed by atoms with Crippen LogP contribution in [0.4, 0.5) is 5.69 Å². The van der Waals surface area contributed by atoms with Crippen molar-refractivity contribution in [1.29, 1.82) is 0 Å². The summed E-state index contributed by atoms with van der Waals surface area (Å²) < 4.78 is 1.07. The van der Waals surface area contributed by atoms with E-state index in [0.717, 1.165) is 34.3 Å². The molecule has 0 amide bonds. The number of fused-ring (bicyclic) bond motifs is 1. The molecular formula is C16H16BrN3. The van der Waals surface area contributed by atoms with E-state index in [0.29, 0.717) is 0 Å². The molecule has 4 heteroatoms. The molecule has 0 atom stereocenters. The number of rotatable bonds is 4. The third kappa shape index (κ3) is 2.85. The van der Waals surface area contributed by atoms with E-state index in [1.54, 1.807) is 0 Å². The van der Waals surface area contributed by atoms with Crippen LogP contribution in [0.2, 0.25) is 0 Å². The predicted molar refractivity (Wildman–Crippen MR) is 87.2 cm³/mol. The zero-order chi connectivity index (χ0) is 13.9. The standard InChI is InChI=1S/C16H16BrN3/c1-11-4-2-3-5-13(11)18-9-8-16-19-14-7-6-12(17)10-15(14)20-16/h2-7,10,18H,8-9H2,1H3,(H,19,20). The minimum absolute atomic E-state index is 0.867. The number of nitrogens with zero attached hydrogens (tertiary/aromatic N) is 1. The van der Waals surface area contributed by atoms with Gasteiger partial charge in [-0.25, -0.2) is 4.98 Å². The van der Waals surface area contributed by atoms with Gasteiger partial charge >= 0.3 is 0 Å². The maximum Gasteiger partial charge on any atom is 0.108 e. The summed E-state index contributed by atoms with van der Waals surface area (Å²) in [6, 6.07) is 14.4. The van der Waals surface area contributed by atoms with Crippen LogP contribution in [0.25, 0.3) is 11.0 Å². The van der Waals surface area contributed by atoms with Crippen molar-refractivity contribution in [1.82, 2.24) is 9.97 Å². The quantitative estimate of drug-likeness (QED) is 0.749. The number of imidazole rings is 1. The molecule has 102 valence electrons. The first-order valence-corrected chi connectivity index (χ1v) is 7.45. The van der Waals surface area contributed by atoms with Gasteiger partial charge in [0, 0.05) is 23.1 Å². The number of halogens is 1. The Morgan fingerprint density at radius 3 is 2.90 bits per heavy atom. The van der Waals surface area contributed by atoms with Crippen LogP contribution in [-0.4, -0.2) is 16.5 Å². The van der Waals surface area contributed by atoms with Gasteiger partial charge in [-0.2, -0.15) is 0 Å². The lowest BCUT2D eigenvalue weighted by Crippen LogP contribution is -2.06. The Kier molecular flexibility index (Phi) is 3.74. The van der Waals surface area contributed by atoms with Crippen LogP contribution < -0.4 is 5.32 Å². The van der Waals surface area contributed by atoms with E-state index < -0.39 is 0 Å². The van der Waals surface area contributed by atoms with Crippen LogP contribution in [0, 0.1) is 6.92 Å². The summed E-state index contributed by atoms with van der Waals surface area (Å²) in [5.74, 6) is 1.01. The van der Waals surface area contributed by atoms with Crippen molar-refractivity contribution in [3.63, 3.8) is 0 Å². The van der Waals surface area contributed by atoms with E-state index in [9.17, 15) is 0 Å². The van der Waals surface area contributed by atoms with Gasteiger partial charge in [-0.15, -0.1) is 0 Å². The van der Waals surface area contributed by atoms with Crippen molar-refractivity contribution in [3.05, 3.63) is 58.3 Å². The first kappa shape index (κ1) is 13.2. The molecule has 0 radical (unpaired) electrons. The normalized spacial score (nSPS) is 10.9. The highest BCUT2D eigenvalue weighted by atomic mass is 79.9. The van der Waals surface area contributed by atoms with Crippen LogP contribution in [0.15, 0.2) is 46.9 Å².